The number of anilines is 1. The Morgan fingerprint density at radius 1 is 1.38 bits per heavy atom. The molecule has 1 aromatic rings. The molecule has 1 rings (SSSR count). The van der Waals surface area contributed by atoms with Crippen LogP contribution in [0.3, 0.4) is 0 Å². The van der Waals surface area contributed by atoms with Crippen LogP contribution in [-0.2, 0) is 0 Å². The highest BCUT2D eigenvalue weighted by molar-refractivity contribution is 6.45. The third-order valence-corrected chi connectivity index (χ3v) is 1.64. The zero-order valence-electron chi connectivity index (χ0n) is 6.50. The Labute approximate surface area is 85.3 Å². The molecule has 70 valence electrons. The summed E-state index contributed by atoms with van der Waals surface area (Å²) < 4.78 is 0. The number of carboxylic acids is 1. The number of para-hydroxylation sites is 1. The smallest absolute Gasteiger partial charge is 0.337 e. The van der Waals surface area contributed by atoms with Crippen LogP contribution in [0.25, 0.3) is 0 Å². The van der Waals surface area contributed by atoms with E-state index in [1.165, 1.54) is 6.07 Å². The Balaban J connectivity index is 2.98. The highest BCUT2D eigenvalue weighted by Gasteiger charge is 2.09. The summed E-state index contributed by atoms with van der Waals surface area (Å²) in [6.45, 7) is 0. The van der Waals surface area contributed by atoms with Crippen molar-refractivity contribution in [2.45, 2.75) is 4.96 Å². The van der Waals surface area contributed by atoms with Gasteiger partial charge in [0.2, 0.25) is 0 Å². The second-order valence-corrected chi connectivity index (χ2v) is 3.39. The van der Waals surface area contributed by atoms with Gasteiger partial charge in [-0.2, -0.15) is 0 Å². The number of alkyl halides is 2. The molecule has 5 heteroatoms. The van der Waals surface area contributed by atoms with Gasteiger partial charge in [-0.05, 0) is 12.1 Å². The molecule has 0 bridgehead atoms. The van der Waals surface area contributed by atoms with E-state index in [4.69, 9.17) is 28.3 Å². The molecule has 3 nitrogen and oxygen atoms in total. The molecule has 0 saturated carbocycles. The third kappa shape index (κ3) is 2.79. The first-order valence-electron chi connectivity index (χ1n) is 3.48. The highest BCUT2D eigenvalue weighted by atomic mass is 35.5. The molecule has 0 aliphatic heterocycles. The average molecular weight is 220 g/mol. The highest BCUT2D eigenvalue weighted by Crippen LogP contribution is 2.17. The number of carbonyl (C=O) groups is 1. The first-order valence-corrected chi connectivity index (χ1v) is 4.35. The van der Waals surface area contributed by atoms with E-state index in [9.17, 15) is 4.79 Å². The fraction of sp³-hybridized carbons (Fsp3) is 0.125. The van der Waals surface area contributed by atoms with E-state index in [1.807, 2.05) is 0 Å². The molecule has 0 aromatic heterocycles. The van der Waals surface area contributed by atoms with E-state index in [2.05, 4.69) is 5.32 Å². The molecule has 2 N–H and O–H groups in total. The number of hydrogen-bond acceptors (Lipinski definition) is 2. The van der Waals surface area contributed by atoms with Gasteiger partial charge >= 0.3 is 5.97 Å². The minimum atomic E-state index is -1.02. The Kier molecular flexibility index (Phi) is 3.39. The van der Waals surface area contributed by atoms with Crippen molar-refractivity contribution in [1.29, 1.82) is 0 Å². The van der Waals surface area contributed by atoms with Gasteiger partial charge in [0.1, 0.15) is 0 Å². The molecule has 13 heavy (non-hydrogen) atoms. The fourth-order valence-electron chi connectivity index (χ4n) is 0.913. The van der Waals surface area contributed by atoms with Crippen molar-refractivity contribution in [1.82, 2.24) is 0 Å². The molecule has 0 unspecified atom stereocenters. The van der Waals surface area contributed by atoms with Gasteiger partial charge in [-0.25, -0.2) is 4.79 Å². The maximum absolute atomic E-state index is 10.7. The third-order valence-electron chi connectivity index (χ3n) is 1.42. The van der Waals surface area contributed by atoms with Gasteiger partial charge in [0.05, 0.1) is 11.3 Å². The van der Waals surface area contributed by atoms with Gasteiger partial charge < -0.3 is 10.4 Å². The van der Waals surface area contributed by atoms with Crippen LogP contribution in [0, 0.1) is 0 Å². The summed E-state index contributed by atoms with van der Waals surface area (Å²) in [6, 6.07) is 6.40. The normalized spacial score (nSPS) is 10.1. The number of halogens is 2. The monoisotopic (exact) mass is 219 g/mol. The van der Waals surface area contributed by atoms with Crippen LogP contribution in [0.2, 0.25) is 0 Å². The van der Waals surface area contributed by atoms with Crippen molar-refractivity contribution in [2.24, 2.45) is 0 Å². The Morgan fingerprint density at radius 2 is 2.00 bits per heavy atom. The number of aromatic carboxylic acids is 1. The number of benzene rings is 1. The molecule has 0 aliphatic carbocycles. The summed E-state index contributed by atoms with van der Waals surface area (Å²) in [6.07, 6.45) is 0. The van der Waals surface area contributed by atoms with Gasteiger partial charge in [-0.1, -0.05) is 35.3 Å². The van der Waals surface area contributed by atoms with Crippen LogP contribution in [0.4, 0.5) is 5.69 Å². The van der Waals surface area contributed by atoms with Crippen molar-refractivity contribution < 1.29 is 9.90 Å². The summed E-state index contributed by atoms with van der Waals surface area (Å²) in [5, 5.41) is 11.4. The fourth-order valence-corrected chi connectivity index (χ4v) is 1.15. The maximum atomic E-state index is 10.7. The molecule has 0 atom stereocenters. The first kappa shape index (κ1) is 10.2. The Morgan fingerprint density at radius 3 is 2.54 bits per heavy atom. The number of rotatable bonds is 3. The van der Waals surface area contributed by atoms with Crippen molar-refractivity contribution in [3.05, 3.63) is 29.8 Å². The molecular weight excluding hydrogens is 213 g/mol. The van der Waals surface area contributed by atoms with Crippen LogP contribution < -0.4 is 5.32 Å². The molecule has 0 amide bonds. The lowest BCUT2D eigenvalue weighted by molar-refractivity contribution is 0.0698. The summed E-state index contributed by atoms with van der Waals surface area (Å²) in [5.41, 5.74) is 0.554. The van der Waals surface area contributed by atoms with Crippen LogP contribution in [0.15, 0.2) is 24.3 Å². The van der Waals surface area contributed by atoms with Gasteiger partial charge in [-0.15, -0.1) is 0 Å². The van der Waals surface area contributed by atoms with Crippen LogP contribution in [-0.4, -0.2) is 16.0 Å². The van der Waals surface area contributed by atoms with Gasteiger partial charge in [-0.3, -0.25) is 0 Å². The van der Waals surface area contributed by atoms with Gasteiger partial charge in [0.25, 0.3) is 0 Å². The van der Waals surface area contributed by atoms with Crippen molar-refractivity contribution in [3.8, 4) is 0 Å². The molecule has 0 heterocycles. The number of nitrogens with one attached hydrogen (secondary N) is 1. The molecule has 0 aliphatic rings. The topological polar surface area (TPSA) is 49.3 Å². The largest absolute Gasteiger partial charge is 0.478 e. The second kappa shape index (κ2) is 4.35. The Bertz CT molecular complexity index is 315. The molecule has 1 aromatic carbocycles. The number of hydrogen-bond donors (Lipinski definition) is 2. The molecule has 0 radical (unpaired) electrons. The number of carboxylic acid groups (broad SMARTS) is 1. The average Bonchev–Trinajstić information content (AvgIpc) is 2.03. The maximum Gasteiger partial charge on any atom is 0.337 e. The van der Waals surface area contributed by atoms with E-state index in [0.717, 1.165) is 0 Å². The minimum absolute atomic E-state index is 0.147. The summed E-state index contributed by atoms with van der Waals surface area (Å²) >= 11 is 10.9. The minimum Gasteiger partial charge on any atom is -0.478 e. The van der Waals surface area contributed by atoms with E-state index in [0.29, 0.717) is 5.69 Å². The SMILES string of the molecule is O=C(O)c1ccccc1NC(Cl)Cl. The van der Waals surface area contributed by atoms with Crippen molar-refractivity contribution in [3.63, 3.8) is 0 Å². The summed E-state index contributed by atoms with van der Waals surface area (Å²) in [7, 11) is 0. The van der Waals surface area contributed by atoms with Crippen LogP contribution >= 0.6 is 23.2 Å². The van der Waals surface area contributed by atoms with Gasteiger partial charge in [0.15, 0.2) is 4.96 Å². The predicted molar refractivity (Wildman–Crippen MR) is 52.5 cm³/mol. The van der Waals surface area contributed by atoms with Crippen molar-refractivity contribution in [2.75, 3.05) is 5.32 Å². The van der Waals surface area contributed by atoms with E-state index >= 15 is 0 Å². The lowest BCUT2D eigenvalue weighted by Crippen LogP contribution is -2.09. The summed E-state index contributed by atoms with van der Waals surface area (Å²) in [4.78, 5) is 9.86. The second-order valence-electron chi connectivity index (χ2n) is 2.30. The standard InChI is InChI=1S/C8H7Cl2NO2/c9-8(10)11-6-4-2-1-3-5(6)7(12)13/h1-4,8,11H,(H,12,13). The van der Waals surface area contributed by atoms with E-state index in [1.54, 1.807) is 18.2 Å². The predicted octanol–water partition coefficient (Wildman–Crippen LogP) is 2.56. The first-order chi connectivity index (χ1) is 6.11. The zero-order chi connectivity index (χ0) is 9.84. The van der Waals surface area contributed by atoms with E-state index < -0.39 is 10.9 Å². The van der Waals surface area contributed by atoms with Crippen molar-refractivity contribution >= 4 is 34.9 Å². The lowest BCUT2D eigenvalue weighted by atomic mass is 10.2. The lowest BCUT2D eigenvalue weighted by Gasteiger charge is -2.08. The molecule has 0 saturated heterocycles. The van der Waals surface area contributed by atoms with Crippen LogP contribution in [0.1, 0.15) is 10.4 Å². The quantitative estimate of drug-likeness (QED) is 0.607. The van der Waals surface area contributed by atoms with E-state index in [-0.39, 0.29) is 5.56 Å². The van der Waals surface area contributed by atoms with Crippen LogP contribution in [0.5, 0.6) is 0 Å². The molecular formula is C8H7Cl2NO2. The molecule has 0 fully saturated rings. The zero-order valence-corrected chi connectivity index (χ0v) is 8.01. The molecule has 0 spiro atoms. The van der Waals surface area contributed by atoms with Gasteiger partial charge in [0, 0.05) is 0 Å². The summed E-state index contributed by atoms with van der Waals surface area (Å²) in [5.74, 6) is -1.02. The Hall–Kier alpha value is -0.930.